The van der Waals surface area contributed by atoms with Gasteiger partial charge in [0.05, 0.1) is 5.71 Å². The predicted octanol–water partition coefficient (Wildman–Crippen LogP) is 2.31. The topological polar surface area (TPSA) is 41.6 Å². The first-order valence-electron chi connectivity index (χ1n) is 5.34. The second kappa shape index (κ2) is 7.79. The molecule has 0 aliphatic rings. The average Bonchev–Trinajstić information content (AvgIpc) is 2.25. The molecule has 0 atom stereocenters. The van der Waals surface area contributed by atoms with Crippen molar-refractivity contribution < 1.29 is 0 Å². The van der Waals surface area contributed by atoms with Crippen LogP contribution in [0.3, 0.4) is 0 Å². The molecule has 0 heterocycles. The first kappa shape index (κ1) is 15.6. The average molecular weight is 251 g/mol. The maximum atomic E-state index is 5.82. The summed E-state index contributed by atoms with van der Waals surface area (Å²) in [6.07, 6.45) is 5.74. The molecule has 0 saturated heterocycles. The number of allylic oxidation sites excluding steroid dienone is 5. The SMILES string of the molecule is C/N=C(C(/C=C\C=S)=C/N(C)C)\C(C)=C(/C)N. The number of thiocarbonyl (C=S) groups is 1. The highest BCUT2D eigenvalue weighted by atomic mass is 32.1. The molecule has 4 heteroatoms. The first-order chi connectivity index (χ1) is 7.93. The lowest BCUT2D eigenvalue weighted by Crippen LogP contribution is -2.12. The summed E-state index contributed by atoms with van der Waals surface area (Å²) in [5, 5.41) is 1.57. The lowest BCUT2D eigenvalue weighted by Gasteiger charge is -2.13. The molecular formula is C13H21N3S. The summed E-state index contributed by atoms with van der Waals surface area (Å²) in [5.41, 5.74) is 9.43. The standard InChI is InChI=1S/C13H21N3S/c1-10(11(2)14)13(15-3)12(7-6-8-17)9-16(4)5/h6-9H,14H2,1-5H3/b7-6-,11-10+,12-9+,15-13+. The van der Waals surface area contributed by atoms with Crippen molar-refractivity contribution in [3.63, 3.8) is 0 Å². The molecule has 0 amide bonds. The third kappa shape index (κ3) is 5.45. The van der Waals surface area contributed by atoms with E-state index in [1.54, 1.807) is 12.4 Å². The molecule has 94 valence electrons. The van der Waals surface area contributed by atoms with Gasteiger partial charge in [0.1, 0.15) is 0 Å². The number of nitrogens with two attached hydrogens (primary N) is 1. The summed E-state index contributed by atoms with van der Waals surface area (Å²) >= 11 is 4.79. The van der Waals surface area contributed by atoms with Crippen molar-refractivity contribution in [2.24, 2.45) is 10.7 Å². The highest BCUT2D eigenvalue weighted by molar-refractivity contribution is 7.79. The molecule has 0 aromatic carbocycles. The molecule has 0 spiro atoms. The largest absolute Gasteiger partial charge is 0.402 e. The van der Waals surface area contributed by atoms with E-state index in [4.69, 9.17) is 18.0 Å². The van der Waals surface area contributed by atoms with Gasteiger partial charge in [-0.2, -0.15) is 0 Å². The third-order valence-electron chi connectivity index (χ3n) is 2.20. The monoisotopic (exact) mass is 251 g/mol. The van der Waals surface area contributed by atoms with Gasteiger partial charge in [-0.25, -0.2) is 0 Å². The number of rotatable bonds is 5. The van der Waals surface area contributed by atoms with Crippen LogP contribution in [0.25, 0.3) is 0 Å². The molecule has 0 unspecified atom stereocenters. The quantitative estimate of drug-likeness (QED) is 0.353. The zero-order valence-corrected chi connectivity index (χ0v) is 12.0. The molecule has 17 heavy (non-hydrogen) atoms. The summed E-state index contributed by atoms with van der Waals surface area (Å²) in [4.78, 5) is 6.27. The van der Waals surface area contributed by atoms with Crippen molar-refractivity contribution in [1.29, 1.82) is 0 Å². The van der Waals surface area contributed by atoms with Gasteiger partial charge in [-0.15, -0.1) is 0 Å². The van der Waals surface area contributed by atoms with E-state index in [1.807, 2.05) is 51.2 Å². The van der Waals surface area contributed by atoms with Crippen molar-refractivity contribution in [2.45, 2.75) is 13.8 Å². The Kier molecular flexibility index (Phi) is 7.14. The molecule has 0 fully saturated rings. The zero-order chi connectivity index (χ0) is 13.4. The van der Waals surface area contributed by atoms with Crippen molar-refractivity contribution in [1.82, 2.24) is 4.90 Å². The second-order valence-electron chi connectivity index (χ2n) is 3.92. The van der Waals surface area contributed by atoms with Crippen LogP contribution in [0.1, 0.15) is 13.8 Å². The second-order valence-corrected chi connectivity index (χ2v) is 4.20. The van der Waals surface area contributed by atoms with Crippen LogP contribution in [0.15, 0.2) is 40.2 Å². The Morgan fingerprint density at radius 3 is 2.24 bits per heavy atom. The normalized spacial score (nSPS) is 14.9. The number of hydrogen-bond acceptors (Lipinski definition) is 4. The Bertz CT molecular complexity index is 383. The van der Waals surface area contributed by atoms with Gasteiger partial charge in [0.25, 0.3) is 0 Å². The fourth-order valence-electron chi connectivity index (χ4n) is 1.30. The minimum Gasteiger partial charge on any atom is -0.402 e. The molecule has 2 N–H and O–H groups in total. The molecule has 0 radical (unpaired) electrons. The van der Waals surface area contributed by atoms with Gasteiger partial charge >= 0.3 is 0 Å². The third-order valence-corrected chi connectivity index (χ3v) is 2.35. The van der Waals surface area contributed by atoms with E-state index in [0.717, 1.165) is 22.6 Å². The molecule has 0 aromatic rings. The minimum absolute atomic E-state index is 0.769. The highest BCUT2D eigenvalue weighted by Gasteiger charge is 2.08. The van der Waals surface area contributed by atoms with E-state index in [-0.39, 0.29) is 0 Å². The van der Waals surface area contributed by atoms with Crippen molar-refractivity contribution >= 4 is 23.3 Å². The van der Waals surface area contributed by atoms with Gasteiger partial charge in [-0.1, -0.05) is 24.4 Å². The summed E-state index contributed by atoms with van der Waals surface area (Å²) in [7, 11) is 5.69. The van der Waals surface area contributed by atoms with Crippen molar-refractivity contribution in [3.05, 3.63) is 35.2 Å². The van der Waals surface area contributed by atoms with Crippen LogP contribution >= 0.6 is 12.2 Å². The summed E-state index contributed by atoms with van der Waals surface area (Å²) in [5.74, 6) is 0. The molecule has 0 rings (SSSR count). The number of aliphatic imine (C=N–C) groups is 1. The van der Waals surface area contributed by atoms with E-state index in [1.165, 1.54) is 0 Å². The van der Waals surface area contributed by atoms with Crippen LogP contribution in [-0.2, 0) is 0 Å². The van der Waals surface area contributed by atoms with Crippen LogP contribution in [-0.4, -0.2) is 37.1 Å². The Morgan fingerprint density at radius 2 is 1.88 bits per heavy atom. The maximum absolute atomic E-state index is 5.82. The zero-order valence-electron chi connectivity index (χ0n) is 11.2. The van der Waals surface area contributed by atoms with Gasteiger partial charge < -0.3 is 10.6 Å². The van der Waals surface area contributed by atoms with Gasteiger partial charge in [-0.05, 0) is 19.4 Å². The van der Waals surface area contributed by atoms with Crippen molar-refractivity contribution in [2.75, 3.05) is 21.1 Å². The van der Waals surface area contributed by atoms with Gasteiger partial charge in [-0.3, -0.25) is 4.99 Å². The van der Waals surface area contributed by atoms with Crippen molar-refractivity contribution in [3.8, 4) is 0 Å². The lowest BCUT2D eigenvalue weighted by atomic mass is 10.0. The van der Waals surface area contributed by atoms with Gasteiger partial charge in [0.15, 0.2) is 0 Å². The molecule has 0 aliphatic carbocycles. The molecule has 0 saturated carbocycles. The van der Waals surface area contributed by atoms with E-state index in [2.05, 4.69) is 4.99 Å². The van der Waals surface area contributed by atoms with Gasteiger partial charge in [0, 0.05) is 44.0 Å². The molecule has 0 aliphatic heterocycles. The van der Waals surface area contributed by atoms with E-state index in [9.17, 15) is 0 Å². The maximum Gasteiger partial charge on any atom is 0.0703 e. The summed E-state index contributed by atoms with van der Waals surface area (Å²) in [6.45, 7) is 3.84. The van der Waals surface area contributed by atoms with Crippen LogP contribution in [0.4, 0.5) is 0 Å². The lowest BCUT2D eigenvalue weighted by molar-refractivity contribution is 0.562. The Morgan fingerprint density at radius 1 is 1.29 bits per heavy atom. The van der Waals surface area contributed by atoms with E-state index in [0.29, 0.717) is 0 Å². The fourth-order valence-corrected chi connectivity index (χ4v) is 1.38. The Labute approximate surface area is 109 Å². The first-order valence-corrected chi connectivity index (χ1v) is 5.81. The molecule has 3 nitrogen and oxygen atoms in total. The fraction of sp³-hybridized carbons (Fsp3) is 0.385. The minimum atomic E-state index is 0.769. The predicted molar refractivity (Wildman–Crippen MR) is 80.5 cm³/mol. The van der Waals surface area contributed by atoms with E-state index >= 15 is 0 Å². The smallest absolute Gasteiger partial charge is 0.0703 e. The number of hydrogen-bond donors (Lipinski definition) is 1. The van der Waals surface area contributed by atoms with Crippen LogP contribution in [0, 0.1) is 0 Å². The van der Waals surface area contributed by atoms with Gasteiger partial charge in [0.2, 0.25) is 0 Å². The Balaban J connectivity index is 5.52. The van der Waals surface area contributed by atoms with Crippen LogP contribution in [0.5, 0.6) is 0 Å². The molecule has 0 bridgehead atoms. The highest BCUT2D eigenvalue weighted by Crippen LogP contribution is 2.12. The summed E-state index contributed by atoms with van der Waals surface area (Å²) in [6, 6.07) is 0. The van der Waals surface area contributed by atoms with Crippen LogP contribution < -0.4 is 5.73 Å². The molecular weight excluding hydrogens is 230 g/mol. The molecule has 0 aromatic heterocycles. The van der Waals surface area contributed by atoms with Crippen LogP contribution in [0.2, 0.25) is 0 Å². The number of nitrogens with zero attached hydrogens (tertiary/aromatic N) is 2. The Hall–Kier alpha value is -1.42. The summed E-state index contributed by atoms with van der Waals surface area (Å²) < 4.78 is 0. The van der Waals surface area contributed by atoms with E-state index < -0.39 is 0 Å².